The molecule has 2 heterocycles. The second kappa shape index (κ2) is 3.15. The van der Waals surface area contributed by atoms with Gasteiger partial charge in [0.25, 0.3) is 5.89 Å². The van der Waals surface area contributed by atoms with Gasteiger partial charge in [-0.25, -0.2) is 0 Å². The van der Waals surface area contributed by atoms with Crippen LogP contribution < -0.4 is 5.73 Å². The van der Waals surface area contributed by atoms with Crippen molar-refractivity contribution in [3.05, 3.63) is 22.7 Å². The molecule has 4 nitrogen and oxygen atoms in total. The molecule has 15 heavy (non-hydrogen) atoms. The Morgan fingerprint density at radius 2 is 2.33 bits per heavy atom. The fraction of sp³-hybridized carbons (Fsp3) is 0.400. The lowest BCUT2D eigenvalue weighted by molar-refractivity contribution is 0.229. The minimum atomic E-state index is -0.336. The van der Waals surface area contributed by atoms with Crippen LogP contribution in [0.15, 0.2) is 21.3 Å². The Morgan fingerprint density at radius 3 is 2.93 bits per heavy atom. The number of aromatic nitrogens is 2. The maximum absolute atomic E-state index is 6.11. The third-order valence-electron chi connectivity index (χ3n) is 2.89. The molecule has 1 aliphatic rings. The average Bonchev–Trinajstić information content (AvgIpc) is 2.84. The SMILES string of the molecule is NC1(c2noc(-c3ccsc3)n2)CCC1. The first-order valence-corrected chi connectivity index (χ1v) is 5.88. The summed E-state index contributed by atoms with van der Waals surface area (Å²) < 4.78 is 5.20. The second-order valence-electron chi connectivity index (χ2n) is 3.94. The highest BCUT2D eigenvalue weighted by Crippen LogP contribution is 2.37. The van der Waals surface area contributed by atoms with Gasteiger partial charge in [0.05, 0.1) is 11.1 Å². The van der Waals surface area contributed by atoms with Crippen LogP contribution in [0.4, 0.5) is 0 Å². The number of thiophene rings is 1. The van der Waals surface area contributed by atoms with Crippen LogP contribution in [0, 0.1) is 0 Å². The van der Waals surface area contributed by atoms with E-state index < -0.39 is 0 Å². The Kier molecular flexibility index (Phi) is 1.90. The lowest BCUT2D eigenvalue weighted by Crippen LogP contribution is -2.44. The summed E-state index contributed by atoms with van der Waals surface area (Å²) in [6, 6.07) is 1.96. The molecule has 0 aliphatic heterocycles. The first-order valence-electron chi connectivity index (χ1n) is 4.94. The van der Waals surface area contributed by atoms with Crippen molar-refractivity contribution < 1.29 is 4.52 Å². The van der Waals surface area contributed by atoms with Crippen LogP contribution in [0.25, 0.3) is 11.5 Å². The maximum atomic E-state index is 6.11. The molecule has 3 rings (SSSR count). The van der Waals surface area contributed by atoms with Crippen molar-refractivity contribution in [2.45, 2.75) is 24.8 Å². The molecule has 1 saturated carbocycles. The standard InChI is InChI=1S/C10H11N3OS/c11-10(3-1-4-10)9-12-8(14-13-9)7-2-5-15-6-7/h2,5-6H,1,3-4,11H2. The minimum absolute atomic E-state index is 0.336. The van der Waals surface area contributed by atoms with E-state index in [4.69, 9.17) is 10.3 Å². The Morgan fingerprint density at radius 1 is 1.47 bits per heavy atom. The van der Waals surface area contributed by atoms with E-state index in [2.05, 4.69) is 10.1 Å². The zero-order valence-corrected chi connectivity index (χ0v) is 8.96. The van der Waals surface area contributed by atoms with E-state index in [0.29, 0.717) is 11.7 Å². The van der Waals surface area contributed by atoms with Gasteiger partial charge in [-0.05, 0) is 30.7 Å². The van der Waals surface area contributed by atoms with Crippen LogP contribution in [0.2, 0.25) is 0 Å². The molecule has 0 saturated heterocycles. The zero-order valence-electron chi connectivity index (χ0n) is 8.14. The van der Waals surface area contributed by atoms with E-state index in [9.17, 15) is 0 Å². The second-order valence-corrected chi connectivity index (χ2v) is 4.72. The molecule has 0 aromatic carbocycles. The summed E-state index contributed by atoms with van der Waals surface area (Å²) in [6.07, 6.45) is 3.06. The monoisotopic (exact) mass is 221 g/mol. The van der Waals surface area contributed by atoms with Gasteiger partial charge in [0.2, 0.25) is 0 Å². The molecule has 0 unspecified atom stereocenters. The van der Waals surface area contributed by atoms with Crippen molar-refractivity contribution in [2.24, 2.45) is 5.73 Å². The summed E-state index contributed by atoms with van der Waals surface area (Å²) >= 11 is 1.61. The van der Waals surface area contributed by atoms with Gasteiger partial charge < -0.3 is 10.3 Å². The Bertz CT molecular complexity index is 459. The number of nitrogens with zero attached hydrogens (tertiary/aromatic N) is 2. The third-order valence-corrected chi connectivity index (χ3v) is 3.57. The highest BCUT2D eigenvalue weighted by atomic mass is 32.1. The topological polar surface area (TPSA) is 64.9 Å². The number of hydrogen-bond donors (Lipinski definition) is 1. The largest absolute Gasteiger partial charge is 0.334 e. The molecule has 0 atom stereocenters. The molecule has 0 radical (unpaired) electrons. The van der Waals surface area contributed by atoms with E-state index in [1.165, 1.54) is 0 Å². The molecule has 78 valence electrons. The summed E-state index contributed by atoms with van der Waals surface area (Å²) in [5, 5.41) is 7.93. The third kappa shape index (κ3) is 1.39. The number of nitrogens with two attached hydrogens (primary N) is 1. The Balaban J connectivity index is 1.94. The maximum Gasteiger partial charge on any atom is 0.258 e. The van der Waals surface area contributed by atoms with Crippen molar-refractivity contribution in [2.75, 3.05) is 0 Å². The normalized spacial score (nSPS) is 18.7. The van der Waals surface area contributed by atoms with E-state index >= 15 is 0 Å². The van der Waals surface area contributed by atoms with Gasteiger partial charge in [-0.2, -0.15) is 16.3 Å². The quantitative estimate of drug-likeness (QED) is 0.843. The summed E-state index contributed by atoms with van der Waals surface area (Å²) in [5.74, 6) is 1.22. The van der Waals surface area contributed by atoms with Crippen molar-refractivity contribution in [3.63, 3.8) is 0 Å². The highest BCUT2D eigenvalue weighted by molar-refractivity contribution is 7.08. The molecule has 5 heteroatoms. The Labute approximate surface area is 91.1 Å². The molecule has 2 N–H and O–H groups in total. The number of hydrogen-bond acceptors (Lipinski definition) is 5. The number of rotatable bonds is 2. The van der Waals surface area contributed by atoms with Crippen LogP contribution in [-0.2, 0) is 5.54 Å². The van der Waals surface area contributed by atoms with Gasteiger partial charge in [-0.1, -0.05) is 5.16 Å². The smallest absolute Gasteiger partial charge is 0.258 e. The minimum Gasteiger partial charge on any atom is -0.334 e. The predicted octanol–water partition coefficient (Wildman–Crippen LogP) is 2.14. The summed E-state index contributed by atoms with van der Waals surface area (Å²) in [6.45, 7) is 0. The van der Waals surface area contributed by atoms with Crippen molar-refractivity contribution >= 4 is 11.3 Å². The predicted molar refractivity (Wildman–Crippen MR) is 57.3 cm³/mol. The fourth-order valence-electron chi connectivity index (χ4n) is 1.71. The Hall–Kier alpha value is -1.20. The van der Waals surface area contributed by atoms with Gasteiger partial charge in [0.15, 0.2) is 5.82 Å². The van der Waals surface area contributed by atoms with Gasteiger partial charge in [0.1, 0.15) is 0 Å². The van der Waals surface area contributed by atoms with Crippen LogP contribution in [0.3, 0.4) is 0 Å². The lowest BCUT2D eigenvalue weighted by atomic mass is 9.77. The van der Waals surface area contributed by atoms with Gasteiger partial charge in [-0.3, -0.25) is 0 Å². The molecule has 2 aromatic heterocycles. The summed E-state index contributed by atoms with van der Waals surface area (Å²) in [5.41, 5.74) is 6.75. The average molecular weight is 221 g/mol. The van der Waals surface area contributed by atoms with Crippen LogP contribution in [0.5, 0.6) is 0 Å². The first-order chi connectivity index (χ1) is 7.28. The zero-order chi connectivity index (χ0) is 10.3. The molecular weight excluding hydrogens is 210 g/mol. The summed E-state index contributed by atoms with van der Waals surface area (Å²) in [7, 11) is 0. The molecule has 0 bridgehead atoms. The summed E-state index contributed by atoms with van der Waals surface area (Å²) in [4.78, 5) is 4.35. The van der Waals surface area contributed by atoms with E-state index in [0.717, 1.165) is 24.8 Å². The first kappa shape index (κ1) is 9.06. The van der Waals surface area contributed by atoms with E-state index in [1.54, 1.807) is 11.3 Å². The van der Waals surface area contributed by atoms with Gasteiger partial charge >= 0.3 is 0 Å². The van der Waals surface area contributed by atoms with Crippen molar-refractivity contribution in [1.29, 1.82) is 0 Å². The van der Waals surface area contributed by atoms with Gasteiger partial charge in [0, 0.05) is 5.38 Å². The lowest BCUT2D eigenvalue weighted by Gasteiger charge is -2.34. The van der Waals surface area contributed by atoms with Crippen LogP contribution in [-0.4, -0.2) is 10.1 Å². The molecule has 1 aliphatic carbocycles. The molecule has 0 spiro atoms. The highest BCUT2D eigenvalue weighted by Gasteiger charge is 2.39. The molecule has 2 aromatic rings. The fourth-order valence-corrected chi connectivity index (χ4v) is 2.34. The molecule has 1 fully saturated rings. The van der Waals surface area contributed by atoms with E-state index in [-0.39, 0.29) is 5.54 Å². The van der Waals surface area contributed by atoms with Crippen LogP contribution in [0.1, 0.15) is 25.1 Å². The molecule has 0 amide bonds. The van der Waals surface area contributed by atoms with E-state index in [1.807, 2.05) is 16.8 Å². The van der Waals surface area contributed by atoms with Crippen molar-refractivity contribution in [3.8, 4) is 11.5 Å². The molecular formula is C10H11N3OS. The van der Waals surface area contributed by atoms with Crippen LogP contribution >= 0.6 is 11.3 Å². The van der Waals surface area contributed by atoms with Crippen molar-refractivity contribution in [1.82, 2.24) is 10.1 Å². The van der Waals surface area contributed by atoms with Gasteiger partial charge in [-0.15, -0.1) is 0 Å².